The SMILES string of the molecule is CCN1CCN(c2ccc(NC(=O)c3cccc(F)c3)nn2)CC1. The maximum atomic E-state index is 13.2. The molecule has 2 aromatic rings. The van der Waals surface area contributed by atoms with Crippen LogP contribution in [-0.4, -0.2) is 53.7 Å². The van der Waals surface area contributed by atoms with E-state index in [1.54, 1.807) is 12.1 Å². The molecule has 1 amide bonds. The molecule has 0 atom stereocenters. The Morgan fingerprint density at radius 3 is 2.58 bits per heavy atom. The Kier molecular flexibility index (Phi) is 5.00. The average Bonchev–Trinajstić information content (AvgIpc) is 2.62. The predicted octanol–water partition coefficient (Wildman–Crippen LogP) is 2.01. The summed E-state index contributed by atoms with van der Waals surface area (Å²) in [7, 11) is 0. The minimum atomic E-state index is -0.449. The number of carbonyl (C=O) groups is 1. The van der Waals surface area contributed by atoms with Gasteiger partial charge >= 0.3 is 0 Å². The Hall–Kier alpha value is -2.54. The molecule has 0 spiro atoms. The molecule has 126 valence electrons. The van der Waals surface area contributed by atoms with E-state index < -0.39 is 11.7 Å². The topological polar surface area (TPSA) is 61.4 Å². The fourth-order valence-corrected chi connectivity index (χ4v) is 2.67. The molecule has 1 aliphatic rings. The number of hydrogen-bond acceptors (Lipinski definition) is 5. The number of piperazine rings is 1. The van der Waals surface area contributed by atoms with E-state index in [0.29, 0.717) is 5.82 Å². The molecule has 0 unspecified atom stereocenters. The summed E-state index contributed by atoms with van der Waals surface area (Å²) in [6, 6.07) is 9.08. The molecule has 1 saturated heterocycles. The highest BCUT2D eigenvalue weighted by molar-refractivity contribution is 6.03. The van der Waals surface area contributed by atoms with Crippen molar-refractivity contribution >= 4 is 17.5 Å². The fourth-order valence-electron chi connectivity index (χ4n) is 2.67. The van der Waals surface area contributed by atoms with Crippen molar-refractivity contribution in [3.8, 4) is 0 Å². The molecule has 3 rings (SSSR count). The largest absolute Gasteiger partial charge is 0.353 e. The summed E-state index contributed by atoms with van der Waals surface area (Å²) in [5.74, 6) is 0.290. The van der Waals surface area contributed by atoms with Crippen molar-refractivity contribution in [1.29, 1.82) is 0 Å². The number of carbonyl (C=O) groups excluding carboxylic acids is 1. The van der Waals surface area contributed by atoms with Crippen molar-refractivity contribution in [1.82, 2.24) is 15.1 Å². The first-order chi connectivity index (χ1) is 11.7. The molecule has 1 aromatic carbocycles. The van der Waals surface area contributed by atoms with Gasteiger partial charge in [0.2, 0.25) is 0 Å². The number of anilines is 2. The van der Waals surface area contributed by atoms with Gasteiger partial charge in [-0.15, -0.1) is 10.2 Å². The Morgan fingerprint density at radius 1 is 1.17 bits per heavy atom. The standard InChI is InChI=1S/C17H20FN5O/c1-2-22-8-10-23(11-9-22)16-7-6-15(20-21-16)19-17(24)13-4-3-5-14(18)12-13/h3-7,12H,2,8-11H2,1H3,(H,19,20,24). The van der Waals surface area contributed by atoms with E-state index in [2.05, 4.69) is 32.2 Å². The van der Waals surface area contributed by atoms with E-state index >= 15 is 0 Å². The van der Waals surface area contributed by atoms with E-state index in [1.807, 2.05) is 6.07 Å². The third-order valence-electron chi connectivity index (χ3n) is 4.12. The predicted molar refractivity (Wildman–Crippen MR) is 90.7 cm³/mol. The van der Waals surface area contributed by atoms with Gasteiger partial charge in [-0.3, -0.25) is 4.79 Å². The van der Waals surface area contributed by atoms with Gasteiger partial charge < -0.3 is 15.1 Å². The average molecular weight is 329 g/mol. The van der Waals surface area contributed by atoms with E-state index in [9.17, 15) is 9.18 Å². The smallest absolute Gasteiger partial charge is 0.256 e. The zero-order valence-corrected chi connectivity index (χ0v) is 13.6. The van der Waals surface area contributed by atoms with Crippen LogP contribution in [0.5, 0.6) is 0 Å². The molecular weight excluding hydrogens is 309 g/mol. The third-order valence-corrected chi connectivity index (χ3v) is 4.12. The number of nitrogens with one attached hydrogen (secondary N) is 1. The van der Waals surface area contributed by atoms with Crippen molar-refractivity contribution in [2.24, 2.45) is 0 Å². The van der Waals surface area contributed by atoms with Gasteiger partial charge in [0.05, 0.1) is 0 Å². The maximum absolute atomic E-state index is 13.2. The number of likely N-dealkylation sites (N-methyl/N-ethyl adjacent to an activating group) is 1. The van der Waals surface area contributed by atoms with Gasteiger partial charge in [-0.1, -0.05) is 13.0 Å². The van der Waals surface area contributed by atoms with E-state index in [-0.39, 0.29) is 5.56 Å². The molecule has 0 bridgehead atoms. The molecule has 1 N–H and O–H groups in total. The first kappa shape index (κ1) is 16.3. The Bertz CT molecular complexity index is 698. The van der Waals surface area contributed by atoms with E-state index in [1.165, 1.54) is 18.2 Å². The van der Waals surface area contributed by atoms with Gasteiger partial charge in [0.15, 0.2) is 11.6 Å². The lowest BCUT2D eigenvalue weighted by atomic mass is 10.2. The summed E-state index contributed by atoms with van der Waals surface area (Å²) in [4.78, 5) is 16.6. The second-order valence-electron chi connectivity index (χ2n) is 5.66. The molecule has 6 nitrogen and oxygen atoms in total. The number of benzene rings is 1. The molecule has 1 aromatic heterocycles. The molecule has 24 heavy (non-hydrogen) atoms. The van der Waals surface area contributed by atoms with Crippen molar-refractivity contribution in [3.63, 3.8) is 0 Å². The first-order valence-corrected chi connectivity index (χ1v) is 8.03. The van der Waals surface area contributed by atoms with Crippen LogP contribution in [0.2, 0.25) is 0 Å². The molecule has 7 heteroatoms. The van der Waals surface area contributed by atoms with Gasteiger partial charge in [-0.2, -0.15) is 0 Å². The lowest BCUT2D eigenvalue weighted by Gasteiger charge is -2.34. The fraction of sp³-hybridized carbons (Fsp3) is 0.353. The summed E-state index contributed by atoms with van der Waals surface area (Å²) in [5.41, 5.74) is 0.247. The number of hydrogen-bond donors (Lipinski definition) is 1. The van der Waals surface area contributed by atoms with Crippen LogP contribution in [0.4, 0.5) is 16.0 Å². The lowest BCUT2D eigenvalue weighted by Crippen LogP contribution is -2.46. The molecule has 1 fully saturated rings. The van der Waals surface area contributed by atoms with Crippen molar-refractivity contribution in [3.05, 3.63) is 47.8 Å². The van der Waals surface area contributed by atoms with Crippen LogP contribution in [0.3, 0.4) is 0 Å². The summed E-state index contributed by atoms with van der Waals surface area (Å²) in [5, 5.41) is 10.9. The Labute approximate surface area is 140 Å². The number of halogens is 1. The van der Waals surface area contributed by atoms with Crippen LogP contribution in [0.25, 0.3) is 0 Å². The minimum Gasteiger partial charge on any atom is -0.353 e. The van der Waals surface area contributed by atoms with Crippen LogP contribution in [0.1, 0.15) is 17.3 Å². The lowest BCUT2D eigenvalue weighted by molar-refractivity contribution is 0.102. The molecule has 0 radical (unpaired) electrons. The van der Waals surface area contributed by atoms with Crippen molar-refractivity contribution < 1.29 is 9.18 Å². The normalized spacial score (nSPS) is 15.3. The van der Waals surface area contributed by atoms with Crippen LogP contribution in [0.15, 0.2) is 36.4 Å². The molecule has 2 heterocycles. The number of aromatic nitrogens is 2. The van der Waals surface area contributed by atoms with Crippen LogP contribution in [0, 0.1) is 5.82 Å². The second-order valence-corrected chi connectivity index (χ2v) is 5.66. The summed E-state index contributed by atoms with van der Waals surface area (Å²) in [6.07, 6.45) is 0. The van der Waals surface area contributed by atoms with E-state index in [0.717, 1.165) is 38.5 Å². The van der Waals surface area contributed by atoms with Crippen LogP contribution in [-0.2, 0) is 0 Å². The summed E-state index contributed by atoms with van der Waals surface area (Å²) < 4.78 is 13.2. The minimum absolute atomic E-state index is 0.247. The quantitative estimate of drug-likeness (QED) is 0.930. The number of amides is 1. The van der Waals surface area contributed by atoms with E-state index in [4.69, 9.17) is 0 Å². The number of rotatable bonds is 4. The van der Waals surface area contributed by atoms with Crippen LogP contribution >= 0.6 is 0 Å². The third kappa shape index (κ3) is 3.86. The van der Waals surface area contributed by atoms with Crippen molar-refractivity contribution in [2.45, 2.75) is 6.92 Å². The Balaban J connectivity index is 1.61. The van der Waals surface area contributed by atoms with Crippen molar-refractivity contribution in [2.75, 3.05) is 42.9 Å². The molecule has 0 aliphatic carbocycles. The zero-order chi connectivity index (χ0) is 16.9. The second kappa shape index (κ2) is 7.35. The first-order valence-electron chi connectivity index (χ1n) is 8.03. The highest BCUT2D eigenvalue weighted by Gasteiger charge is 2.17. The van der Waals surface area contributed by atoms with Crippen LogP contribution < -0.4 is 10.2 Å². The van der Waals surface area contributed by atoms with Gasteiger partial charge in [-0.25, -0.2) is 4.39 Å². The molecular formula is C17H20FN5O. The van der Waals surface area contributed by atoms with Gasteiger partial charge in [0, 0.05) is 31.7 Å². The monoisotopic (exact) mass is 329 g/mol. The van der Waals surface area contributed by atoms with Gasteiger partial charge in [0.1, 0.15) is 5.82 Å². The van der Waals surface area contributed by atoms with Gasteiger partial charge in [0.25, 0.3) is 5.91 Å². The maximum Gasteiger partial charge on any atom is 0.256 e. The molecule has 0 saturated carbocycles. The van der Waals surface area contributed by atoms with Gasteiger partial charge in [-0.05, 0) is 36.9 Å². The Morgan fingerprint density at radius 2 is 1.96 bits per heavy atom. The summed E-state index contributed by atoms with van der Waals surface area (Å²) >= 11 is 0. The zero-order valence-electron chi connectivity index (χ0n) is 13.6. The summed E-state index contributed by atoms with van der Waals surface area (Å²) in [6.45, 7) is 7.07. The highest BCUT2D eigenvalue weighted by atomic mass is 19.1. The number of nitrogens with zero attached hydrogens (tertiary/aromatic N) is 4. The highest BCUT2D eigenvalue weighted by Crippen LogP contribution is 2.15. The molecule has 1 aliphatic heterocycles.